The number of carboxylic acid groups (broad SMARTS) is 2. The summed E-state index contributed by atoms with van der Waals surface area (Å²) in [6.07, 6.45) is 0. The number of hydrogen-bond acceptors (Lipinski definition) is 6. The second-order valence-electron chi connectivity index (χ2n) is 11.0. The van der Waals surface area contributed by atoms with Crippen LogP contribution in [0, 0.1) is 0 Å². The van der Waals surface area contributed by atoms with Gasteiger partial charge in [-0.25, -0.2) is 14.4 Å². The number of aromatic carboxylic acids is 2. The standard InChI is InChI=1S/C40H26Cl2O8/c41-34-21-28(13-17-36(34)49-40(47)33-20-27(12-16-32(33)39(45)46)25-9-5-2-6-10-25)29-14-18-37(35(42)22-29)50-48-23-30-19-26(11-15-31(30)38(43)44)24-7-3-1-4-8-24/h1-22H,23H2,(H,43,44)(H,45,46). The molecule has 6 rings (SSSR count). The molecule has 0 saturated heterocycles. The minimum Gasteiger partial charge on any atom is -0.478 e. The highest BCUT2D eigenvalue weighted by Crippen LogP contribution is 2.35. The molecule has 0 aromatic heterocycles. The molecule has 2 N–H and O–H groups in total. The van der Waals surface area contributed by atoms with Crippen LogP contribution in [0.15, 0.2) is 133 Å². The van der Waals surface area contributed by atoms with Gasteiger partial charge in [-0.3, -0.25) is 0 Å². The number of benzene rings is 6. The fraction of sp³-hybridized carbons (Fsp3) is 0.0250. The van der Waals surface area contributed by atoms with Gasteiger partial charge in [-0.15, -0.1) is 0 Å². The molecular weight excluding hydrogens is 679 g/mol. The Hall–Kier alpha value is -5.93. The summed E-state index contributed by atoms with van der Waals surface area (Å²) in [5, 5.41) is 19.7. The van der Waals surface area contributed by atoms with Gasteiger partial charge < -0.3 is 19.8 Å². The van der Waals surface area contributed by atoms with Crippen LogP contribution in [0.1, 0.15) is 36.6 Å². The van der Waals surface area contributed by atoms with E-state index >= 15 is 0 Å². The molecule has 0 aliphatic rings. The molecule has 0 spiro atoms. The Bertz CT molecular complexity index is 2220. The molecule has 0 unspecified atom stereocenters. The second kappa shape index (κ2) is 15.1. The third-order valence-electron chi connectivity index (χ3n) is 7.78. The van der Waals surface area contributed by atoms with E-state index in [2.05, 4.69) is 0 Å². The van der Waals surface area contributed by atoms with E-state index in [1.807, 2.05) is 60.7 Å². The smallest absolute Gasteiger partial charge is 0.344 e. The van der Waals surface area contributed by atoms with Crippen molar-refractivity contribution in [2.45, 2.75) is 6.61 Å². The Kier molecular flexibility index (Phi) is 10.2. The first kappa shape index (κ1) is 34.0. The molecule has 0 radical (unpaired) electrons. The summed E-state index contributed by atoms with van der Waals surface area (Å²) in [4.78, 5) is 47.8. The van der Waals surface area contributed by atoms with Crippen molar-refractivity contribution in [2.24, 2.45) is 0 Å². The van der Waals surface area contributed by atoms with Gasteiger partial charge in [-0.2, -0.15) is 4.89 Å². The minimum absolute atomic E-state index is 0.0402. The van der Waals surface area contributed by atoms with E-state index in [0.717, 1.165) is 16.7 Å². The molecule has 8 nitrogen and oxygen atoms in total. The largest absolute Gasteiger partial charge is 0.478 e. The highest BCUT2D eigenvalue weighted by atomic mass is 35.5. The van der Waals surface area contributed by atoms with Gasteiger partial charge in [0, 0.05) is 0 Å². The van der Waals surface area contributed by atoms with Crippen molar-refractivity contribution in [1.29, 1.82) is 0 Å². The second-order valence-corrected chi connectivity index (χ2v) is 11.8. The number of carboxylic acids is 2. The molecule has 0 heterocycles. The van der Waals surface area contributed by atoms with Crippen LogP contribution in [0.2, 0.25) is 10.0 Å². The van der Waals surface area contributed by atoms with Crippen LogP contribution in [0.4, 0.5) is 0 Å². The zero-order valence-electron chi connectivity index (χ0n) is 26.0. The normalized spacial score (nSPS) is 10.8. The maximum atomic E-state index is 13.2. The molecule has 0 fully saturated rings. The Balaban J connectivity index is 1.15. The van der Waals surface area contributed by atoms with E-state index in [1.165, 1.54) is 24.3 Å². The minimum atomic E-state index is -1.27. The number of carbonyl (C=O) groups excluding carboxylic acids is 1. The summed E-state index contributed by atoms with van der Waals surface area (Å²) in [5.74, 6) is -2.99. The zero-order chi connectivity index (χ0) is 35.2. The third-order valence-corrected chi connectivity index (χ3v) is 8.37. The van der Waals surface area contributed by atoms with E-state index in [4.69, 9.17) is 37.7 Å². The first-order valence-corrected chi connectivity index (χ1v) is 15.9. The van der Waals surface area contributed by atoms with Crippen LogP contribution in [0.25, 0.3) is 33.4 Å². The lowest BCUT2D eigenvalue weighted by atomic mass is 9.99. The van der Waals surface area contributed by atoms with Crippen molar-refractivity contribution in [3.8, 4) is 44.9 Å². The summed E-state index contributed by atoms with van der Waals surface area (Å²) in [5.41, 5.74) is 4.71. The van der Waals surface area contributed by atoms with Gasteiger partial charge in [0.15, 0.2) is 5.75 Å². The average molecular weight is 706 g/mol. The van der Waals surface area contributed by atoms with Crippen molar-refractivity contribution in [3.63, 3.8) is 0 Å². The van der Waals surface area contributed by atoms with Gasteiger partial charge in [0.05, 0.1) is 26.7 Å². The molecular formula is C40H26Cl2O8. The SMILES string of the molecule is O=C(O)c1ccc(-c2ccccc2)cc1COOc1ccc(-c2ccc(OC(=O)c3cc(-c4ccccc4)ccc3C(=O)O)c(Cl)c2)cc1Cl. The Morgan fingerprint density at radius 3 is 1.52 bits per heavy atom. The maximum Gasteiger partial charge on any atom is 0.344 e. The summed E-state index contributed by atoms with van der Waals surface area (Å²) >= 11 is 13.0. The number of halogens is 2. The zero-order valence-corrected chi connectivity index (χ0v) is 27.5. The lowest BCUT2D eigenvalue weighted by Crippen LogP contribution is -2.14. The molecule has 0 aliphatic heterocycles. The van der Waals surface area contributed by atoms with Crippen LogP contribution in [0.5, 0.6) is 11.5 Å². The first-order chi connectivity index (χ1) is 24.2. The van der Waals surface area contributed by atoms with Crippen molar-refractivity contribution in [1.82, 2.24) is 0 Å². The van der Waals surface area contributed by atoms with Crippen molar-refractivity contribution in [2.75, 3.05) is 0 Å². The molecule has 0 bridgehead atoms. The summed E-state index contributed by atoms with van der Waals surface area (Å²) in [7, 11) is 0. The molecule has 0 aliphatic carbocycles. The number of hydrogen-bond donors (Lipinski definition) is 2. The van der Waals surface area contributed by atoms with Crippen molar-refractivity contribution in [3.05, 3.63) is 166 Å². The number of esters is 1. The van der Waals surface area contributed by atoms with Gasteiger partial charge in [-0.1, -0.05) is 108 Å². The number of rotatable bonds is 11. The lowest BCUT2D eigenvalue weighted by Gasteiger charge is -2.13. The summed E-state index contributed by atoms with van der Waals surface area (Å²) in [6.45, 7) is -0.152. The van der Waals surface area contributed by atoms with Crippen LogP contribution in [-0.2, 0) is 11.5 Å². The Morgan fingerprint density at radius 2 is 0.980 bits per heavy atom. The van der Waals surface area contributed by atoms with Gasteiger partial charge in [0.2, 0.25) is 0 Å². The Morgan fingerprint density at radius 1 is 0.500 bits per heavy atom. The van der Waals surface area contributed by atoms with E-state index < -0.39 is 17.9 Å². The van der Waals surface area contributed by atoms with Crippen LogP contribution in [0.3, 0.4) is 0 Å². The highest BCUT2D eigenvalue weighted by Gasteiger charge is 2.21. The highest BCUT2D eigenvalue weighted by molar-refractivity contribution is 6.33. The predicted octanol–water partition coefficient (Wildman–Crippen LogP) is 10.1. The van der Waals surface area contributed by atoms with Crippen molar-refractivity contribution < 1.29 is 39.1 Å². The maximum absolute atomic E-state index is 13.2. The van der Waals surface area contributed by atoms with Gasteiger partial charge in [-0.05, 0) is 87.5 Å². The van der Waals surface area contributed by atoms with Crippen molar-refractivity contribution >= 4 is 41.1 Å². The van der Waals surface area contributed by atoms with Gasteiger partial charge in [0.25, 0.3) is 0 Å². The van der Waals surface area contributed by atoms with Gasteiger partial charge in [0.1, 0.15) is 12.4 Å². The van der Waals surface area contributed by atoms with Crippen LogP contribution in [-0.4, -0.2) is 28.1 Å². The molecule has 10 heteroatoms. The molecule has 0 saturated carbocycles. The van der Waals surface area contributed by atoms with E-state index in [-0.39, 0.29) is 44.8 Å². The van der Waals surface area contributed by atoms with E-state index in [1.54, 1.807) is 48.5 Å². The fourth-order valence-electron chi connectivity index (χ4n) is 5.26. The predicted molar refractivity (Wildman–Crippen MR) is 190 cm³/mol. The fourth-order valence-corrected chi connectivity index (χ4v) is 5.70. The molecule has 248 valence electrons. The summed E-state index contributed by atoms with van der Waals surface area (Å²) < 4.78 is 5.55. The summed E-state index contributed by atoms with van der Waals surface area (Å²) in [6, 6.07) is 37.9. The molecule has 0 amide bonds. The topological polar surface area (TPSA) is 119 Å². The monoisotopic (exact) mass is 704 g/mol. The van der Waals surface area contributed by atoms with E-state index in [0.29, 0.717) is 22.3 Å². The Labute approximate surface area is 296 Å². The van der Waals surface area contributed by atoms with Crippen LogP contribution < -0.4 is 9.62 Å². The van der Waals surface area contributed by atoms with Gasteiger partial charge >= 0.3 is 17.9 Å². The van der Waals surface area contributed by atoms with Crippen LogP contribution >= 0.6 is 23.2 Å². The lowest BCUT2D eigenvalue weighted by molar-refractivity contribution is -0.217. The number of carbonyl (C=O) groups is 3. The quantitative estimate of drug-likeness (QED) is 0.0592. The van der Waals surface area contributed by atoms with E-state index in [9.17, 15) is 24.6 Å². The average Bonchev–Trinajstić information content (AvgIpc) is 3.13. The molecule has 6 aromatic rings. The third kappa shape index (κ3) is 7.69. The molecule has 50 heavy (non-hydrogen) atoms. The first-order valence-electron chi connectivity index (χ1n) is 15.1. The molecule has 6 aromatic carbocycles. The molecule has 0 atom stereocenters. The number of ether oxygens (including phenoxy) is 1.